The Hall–Kier alpha value is -3.16. The van der Waals surface area contributed by atoms with Crippen LogP contribution in [0.5, 0.6) is 0 Å². The van der Waals surface area contributed by atoms with Gasteiger partial charge in [-0.05, 0) is 43.3 Å². The fourth-order valence-electron chi connectivity index (χ4n) is 3.30. The van der Waals surface area contributed by atoms with Gasteiger partial charge in [0.15, 0.2) is 0 Å². The summed E-state index contributed by atoms with van der Waals surface area (Å²) in [6.07, 6.45) is 0.268. The number of carbonyl (C=O) groups is 2. The summed E-state index contributed by atoms with van der Waals surface area (Å²) in [6, 6.07) is 9.58. The first-order valence-electron chi connectivity index (χ1n) is 9.67. The number of piperazine rings is 1. The molecular weight excluding hydrogens is 375 g/mol. The van der Waals surface area contributed by atoms with Crippen LogP contribution in [0.1, 0.15) is 19.0 Å². The lowest BCUT2D eigenvalue weighted by Crippen LogP contribution is -2.50. The van der Waals surface area contributed by atoms with Gasteiger partial charge in [0, 0.05) is 44.0 Å². The number of carbonyl (C=O) groups excluding carboxylic acids is 2. The van der Waals surface area contributed by atoms with Crippen LogP contribution in [0.15, 0.2) is 41.2 Å². The highest BCUT2D eigenvalue weighted by molar-refractivity contribution is 5.90. The number of benzene rings is 1. The number of hydrogen-bond donors (Lipinski definition) is 1. The molecule has 0 bridgehead atoms. The molecule has 154 valence electrons. The lowest BCUT2D eigenvalue weighted by Gasteiger charge is -2.36. The molecular formula is C21H25FN4O3. The zero-order valence-electron chi connectivity index (χ0n) is 16.7. The Kier molecular flexibility index (Phi) is 6.31. The van der Waals surface area contributed by atoms with Crippen LogP contribution < -0.4 is 15.8 Å². The number of nitrogens with one attached hydrogen (secondary N) is 1. The second kappa shape index (κ2) is 8.89. The van der Waals surface area contributed by atoms with Gasteiger partial charge >= 0.3 is 0 Å². The van der Waals surface area contributed by atoms with E-state index >= 15 is 0 Å². The van der Waals surface area contributed by atoms with Crippen LogP contribution in [-0.4, -0.2) is 47.5 Å². The number of pyridine rings is 1. The smallest absolute Gasteiger partial charge is 0.274 e. The summed E-state index contributed by atoms with van der Waals surface area (Å²) >= 11 is 0. The van der Waals surface area contributed by atoms with Gasteiger partial charge in [-0.2, -0.15) is 0 Å². The van der Waals surface area contributed by atoms with Crippen molar-refractivity contribution in [3.63, 3.8) is 0 Å². The average molecular weight is 400 g/mol. The van der Waals surface area contributed by atoms with Crippen molar-refractivity contribution in [1.82, 2.24) is 9.47 Å². The number of aromatic nitrogens is 1. The van der Waals surface area contributed by atoms with Gasteiger partial charge in [-0.15, -0.1) is 0 Å². The Morgan fingerprint density at radius 2 is 1.69 bits per heavy atom. The Morgan fingerprint density at radius 3 is 2.31 bits per heavy atom. The third-order valence-electron chi connectivity index (χ3n) is 5.11. The molecule has 0 unspecified atom stereocenters. The SMILES string of the molecule is CCC(=O)Nc1ccc(C)n(CC(=O)N2CCN(c3ccc(F)cc3)CC2)c1=O. The van der Waals surface area contributed by atoms with E-state index in [0.29, 0.717) is 31.9 Å². The van der Waals surface area contributed by atoms with E-state index in [1.54, 1.807) is 43.0 Å². The molecule has 1 aliphatic heterocycles. The van der Waals surface area contributed by atoms with Gasteiger partial charge in [-0.25, -0.2) is 4.39 Å². The summed E-state index contributed by atoms with van der Waals surface area (Å²) in [6.45, 7) is 5.71. The van der Waals surface area contributed by atoms with Gasteiger partial charge < -0.3 is 19.7 Å². The molecule has 1 aliphatic rings. The molecule has 8 heteroatoms. The minimum atomic E-state index is -0.384. The van der Waals surface area contributed by atoms with E-state index in [0.717, 1.165) is 5.69 Å². The first-order valence-corrected chi connectivity index (χ1v) is 9.67. The number of nitrogens with zero attached hydrogens (tertiary/aromatic N) is 3. The van der Waals surface area contributed by atoms with Crippen LogP contribution in [0.25, 0.3) is 0 Å². The van der Waals surface area contributed by atoms with Crippen LogP contribution in [-0.2, 0) is 16.1 Å². The number of amides is 2. The van der Waals surface area contributed by atoms with E-state index in [1.165, 1.54) is 16.7 Å². The van der Waals surface area contributed by atoms with Crippen LogP contribution in [0, 0.1) is 12.7 Å². The highest BCUT2D eigenvalue weighted by Gasteiger charge is 2.22. The maximum atomic E-state index is 13.1. The molecule has 0 aliphatic carbocycles. The summed E-state index contributed by atoms with van der Waals surface area (Å²) < 4.78 is 14.5. The summed E-state index contributed by atoms with van der Waals surface area (Å²) in [5.74, 6) is -0.672. The van der Waals surface area contributed by atoms with E-state index in [9.17, 15) is 18.8 Å². The molecule has 3 rings (SSSR count). The minimum Gasteiger partial charge on any atom is -0.368 e. The van der Waals surface area contributed by atoms with Crippen LogP contribution >= 0.6 is 0 Å². The molecule has 0 spiro atoms. The summed E-state index contributed by atoms with van der Waals surface area (Å²) in [4.78, 5) is 40.9. The number of rotatable bonds is 5. The lowest BCUT2D eigenvalue weighted by atomic mass is 10.2. The van der Waals surface area contributed by atoms with Gasteiger partial charge in [-0.3, -0.25) is 14.4 Å². The quantitative estimate of drug-likeness (QED) is 0.833. The lowest BCUT2D eigenvalue weighted by molar-refractivity contribution is -0.132. The van der Waals surface area contributed by atoms with Gasteiger partial charge in [-0.1, -0.05) is 6.92 Å². The number of anilines is 2. The molecule has 29 heavy (non-hydrogen) atoms. The third kappa shape index (κ3) is 4.82. The molecule has 1 fully saturated rings. The maximum Gasteiger partial charge on any atom is 0.274 e. The zero-order valence-corrected chi connectivity index (χ0v) is 16.7. The predicted octanol–water partition coefficient (Wildman–Crippen LogP) is 1.99. The second-order valence-corrected chi connectivity index (χ2v) is 7.03. The Bertz CT molecular complexity index is 947. The van der Waals surface area contributed by atoms with Gasteiger partial charge in [0.05, 0.1) is 0 Å². The van der Waals surface area contributed by atoms with Crippen LogP contribution in [0.2, 0.25) is 0 Å². The van der Waals surface area contributed by atoms with Crippen molar-refractivity contribution in [3.05, 3.63) is 58.3 Å². The number of halogens is 1. The van der Waals surface area contributed by atoms with Crippen molar-refractivity contribution < 1.29 is 14.0 Å². The fourth-order valence-corrected chi connectivity index (χ4v) is 3.30. The summed E-state index contributed by atoms with van der Waals surface area (Å²) in [7, 11) is 0. The summed E-state index contributed by atoms with van der Waals surface area (Å²) in [5.41, 5.74) is 1.37. The molecule has 1 N–H and O–H groups in total. The van der Waals surface area contributed by atoms with Crippen molar-refractivity contribution >= 4 is 23.2 Å². The molecule has 1 saturated heterocycles. The van der Waals surface area contributed by atoms with E-state index in [4.69, 9.17) is 0 Å². The number of hydrogen-bond acceptors (Lipinski definition) is 4. The fraction of sp³-hybridized carbons (Fsp3) is 0.381. The molecule has 0 saturated carbocycles. The van der Waals surface area contributed by atoms with E-state index in [-0.39, 0.29) is 41.8 Å². The third-order valence-corrected chi connectivity index (χ3v) is 5.11. The predicted molar refractivity (Wildman–Crippen MR) is 110 cm³/mol. The van der Waals surface area contributed by atoms with Gasteiger partial charge in [0.25, 0.3) is 5.56 Å². The van der Waals surface area contributed by atoms with E-state index in [2.05, 4.69) is 10.2 Å². The molecule has 2 aromatic rings. The molecule has 1 aromatic carbocycles. The molecule has 0 radical (unpaired) electrons. The minimum absolute atomic E-state index is 0.0724. The molecule has 2 heterocycles. The monoisotopic (exact) mass is 400 g/mol. The van der Waals surface area contributed by atoms with Crippen molar-refractivity contribution in [2.45, 2.75) is 26.8 Å². The topological polar surface area (TPSA) is 74.7 Å². The molecule has 0 atom stereocenters. The maximum absolute atomic E-state index is 13.1. The standard InChI is InChI=1S/C21H25FN4O3/c1-3-19(27)23-18-9-4-15(2)26(21(18)29)14-20(28)25-12-10-24(11-13-25)17-7-5-16(22)6-8-17/h4-9H,3,10-14H2,1-2H3,(H,23,27). The van der Waals surface area contributed by atoms with E-state index < -0.39 is 0 Å². The van der Waals surface area contributed by atoms with Crippen molar-refractivity contribution in [1.29, 1.82) is 0 Å². The Labute approximate surface area is 168 Å². The highest BCUT2D eigenvalue weighted by atomic mass is 19.1. The number of aryl methyl sites for hydroxylation is 1. The summed E-state index contributed by atoms with van der Waals surface area (Å²) in [5, 5.41) is 2.58. The van der Waals surface area contributed by atoms with Crippen molar-refractivity contribution in [3.8, 4) is 0 Å². The van der Waals surface area contributed by atoms with Gasteiger partial charge in [0.1, 0.15) is 18.0 Å². The molecule has 1 aromatic heterocycles. The zero-order chi connectivity index (χ0) is 21.0. The first-order chi connectivity index (χ1) is 13.9. The average Bonchev–Trinajstić information content (AvgIpc) is 2.73. The Balaban J connectivity index is 1.65. The first kappa shape index (κ1) is 20.6. The van der Waals surface area contributed by atoms with Gasteiger partial charge in [0.2, 0.25) is 11.8 Å². The van der Waals surface area contributed by atoms with Crippen molar-refractivity contribution in [2.75, 3.05) is 36.4 Å². The highest BCUT2D eigenvalue weighted by Crippen LogP contribution is 2.17. The normalized spacial score (nSPS) is 14.0. The molecule has 7 nitrogen and oxygen atoms in total. The van der Waals surface area contributed by atoms with Crippen LogP contribution in [0.4, 0.5) is 15.8 Å². The Morgan fingerprint density at radius 1 is 1.03 bits per heavy atom. The largest absolute Gasteiger partial charge is 0.368 e. The van der Waals surface area contributed by atoms with E-state index in [1.807, 2.05) is 0 Å². The second-order valence-electron chi connectivity index (χ2n) is 7.03. The molecule has 2 amide bonds. The van der Waals surface area contributed by atoms with Crippen LogP contribution in [0.3, 0.4) is 0 Å². The van der Waals surface area contributed by atoms with Crippen molar-refractivity contribution in [2.24, 2.45) is 0 Å².